The molecule has 0 saturated carbocycles. The second-order valence-electron chi connectivity index (χ2n) is 6.38. The van der Waals surface area contributed by atoms with Crippen molar-refractivity contribution < 1.29 is 0 Å². The number of H-pyrrole nitrogens is 1. The van der Waals surface area contributed by atoms with Gasteiger partial charge in [0.2, 0.25) is 0 Å². The van der Waals surface area contributed by atoms with Crippen molar-refractivity contribution in [2.24, 2.45) is 5.73 Å². The summed E-state index contributed by atoms with van der Waals surface area (Å²) in [5, 5.41) is 3.35. The SMILES string of the molecule is NCCCCc1c(-c2cccc3ncccc23)[nH]c2c(Cl)c(Cl)ccc12. The lowest BCUT2D eigenvalue weighted by Gasteiger charge is -2.08. The summed E-state index contributed by atoms with van der Waals surface area (Å²) in [7, 11) is 0. The third-order valence-corrected chi connectivity index (χ3v) is 5.57. The highest BCUT2D eigenvalue weighted by molar-refractivity contribution is 6.45. The highest BCUT2D eigenvalue weighted by Gasteiger charge is 2.17. The molecule has 0 saturated heterocycles. The molecule has 0 bridgehead atoms. The fourth-order valence-electron chi connectivity index (χ4n) is 3.52. The Hall–Kier alpha value is -2.07. The number of nitrogens with one attached hydrogen (secondary N) is 1. The van der Waals surface area contributed by atoms with Crippen LogP contribution in [0.2, 0.25) is 10.0 Å². The Bertz CT molecular complexity index is 1080. The highest BCUT2D eigenvalue weighted by Crippen LogP contribution is 2.39. The van der Waals surface area contributed by atoms with E-state index in [1.165, 1.54) is 5.56 Å². The Morgan fingerprint density at radius 3 is 2.69 bits per heavy atom. The standard InChI is InChI=1S/C21H19Cl2N3/c22-17-10-9-16-15(5-1-2-11-24)20(26-21(16)19(17)23)14-6-3-8-18-13(14)7-4-12-25-18/h3-4,6-10,12,26H,1-2,5,11,24H2. The maximum Gasteiger partial charge on any atom is 0.0833 e. The summed E-state index contributed by atoms with van der Waals surface area (Å²) in [5.74, 6) is 0. The van der Waals surface area contributed by atoms with Crippen LogP contribution in [0.5, 0.6) is 0 Å². The Morgan fingerprint density at radius 1 is 0.962 bits per heavy atom. The molecule has 2 aromatic carbocycles. The number of halogens is 2. The molecule has 2 aromatic heterocycles. The molecule has 0 aliphatic rings. The molecule has 26 heavy (non-hydrogen) atoms. The maximum atomic E-state index is 6.48. The first kappa shape index (κ1) is 17.3. The van der Waals surface area contributed by atoms with Gasteiger partial charge in [-0.25, -0.2) is 0 Å². The molecule has 5 heteroatoms. The van der Waals surface area contributed by atoms with Crippen LogP contribution in [0.3, 0.4) is 0 Å². The topological polar surface area (TPSA) is 54.7 Å². The molecule has 2 heterocycles. The van der Waals surface area contributed by atoms with Gasteiger partial charge >= 0.3 is 0 Å². The lowest BCUT2D eigenvalue weighted by Crippen LogP contribution is -1.99. The van der Waals surface area contributed by atoms with Crippen LogP contribution in [-0.2, 0) is 6.42 Å². The molecule has 0 atom stereocenters. The molecule has 0 fully saturated rings. The van der Waals surface area contributed by atoms with Crippen molar-refractivity contribution in [3.8, 4) is 11.3 Å². The van der Waals surface area contributed by atoms with E-state index in [4.69, 9.17) is 28.9 Å². The van der Waals surface area contributed by atoms with E-state index in [1.54, 1.807) is 0 Å². The molecule has 0 aliphatic carbocycles. The largest absolute Gasteiger partial charge is 0.353 e. The molecule has 3 N–H and O–H groups in total. The summed E-state index contributed by atoms with van der Waals surface area (Å²) in [4.78, 5) is 8.01. The number of aromatic amines is 1. The van der Waals surface area contributed by atoms with E-state index in [-0.39, 0.29) is 0 Å². The van der Waals surface area contributed by atoms with Crippen LogP contribution in [-0.4, -0.2) is 16.5 Å². The van der Waals surface area contributed by atoms with Gasteiger partial charge in [-0.3, -0.25) is 4.98 Å². The predicted molar refractivity (Wildman–Crippen MR) is 111 cm³/mol. The van der Waals surface area contributed by atoms with Gasteiger partial charge < -0.3 is 10.7 Å². The van der Waals surface area contributed by atoms with E-state index < -0.39 is 0 Å². The lowest BCUT2D eigenvalue weighted by atomic mass is 9.98. The van der Waals surface area contributed by atoms with E-state index >= 15 is 0 Å². The number of rotatable bonds is 5. The second-order valence-corrected chi connectivity index (χ2v) is 7.17. The van der Waals surface area contributed by atoms with Crippen LogP contribution in [0.1, 0.15) is 18.4 Å². The monoisotopic (exact) mass is 383 g/mol. The van der Waals surface area contributed by atoms with Crippen LogP contribution in [0, 0.1) is 0 Å². The average Bonchev–Trinajstić information content (AvgIpc) is 3.04. The fraction of sp³-hybridized carbons (Fsp3) is 0.190. The summed E-state index contributed by atoms with van der Waals surface area (Å²) in [5.41, 5.74) is 11.0. The van der Waals surface area contributed by atoms with Crippen molar-refractivity contribution in [2.75, 3.05) is 6.54 Å². The van der Waals surface area contributed by atoms with Gasteiger partial charge in [0.15, 0.2) is 0 Å². The number of hydrogen-bond donors (Lipinski definition) is 2. The summed E-state index contributed by atoms with van der Waals surface area (Å²) >= 11 is 12.7. The molecule has 0 amide bonds. The van der Waals surface area contributed by atoms with E-state index in [2.05, 4.69) is 22.1 Å². The first-order valence-corrected chi connectivity index (χ1v) is 9.49. The van der Waals surface area contributed by atoms with Crippen molar-refractivity contribution >= 4 is 45.0 Å². The molecule has 0 aliphatic heterocycles. The summed E-state index contributed by atoms with van der Waals surface area (Å²) < 4.78 is 0. The van der Waals surface area contributed by atoms with Gasteiger partial charge in [-0.2, -0.15) is 0 Å². The number of nitrogens with two attached hydrogens (primary N) is 1. The minimum atomic E-state index is 0.556. The number of pyridine rings is 1. The number of benzene rings is 2. The van der Waals surface area contributed by atoms with Gasteiger partial charge in [-0.15, -0.1) is 0 Å². The zero-order valence-corrected chi connectivity index (χ0v) is 15.7. The van der Waals surface area contributed by atoms with Gasteiger partial charge in [0.05, 0.1) is 26.8 Å². The molecule has 0 radical (unpaired) electrons. The Morgan fingerprint density at radius 2 is 1.85 bits per heavy atom. The number of nitrogens with zero attached hydrogens (tertiary/aromatic N) is 1. The van der Waals surface area contributed by atoms with E-state index in [9.17, 15) is 0 Å². The number of aryl methyl sites for hydroxylation is 1. The van der Waals surface area contributed by atoms with Crippen LogP contribution in [0.15, 0.2) is 48.7 Å². The van der Waals surface area contributed by atoms with Crippen LogP contribution in [0.25, 0.3) is 33.1 Å². The van der Waals surface area contributed by atoms with Crippen LogP contribution in [0.4, 0.5) is 0 Å². The zero-order chi connectivity index (χ0) is 18.1. The predicted octanol–water partition coefficient (Wildman–Crippen LogP) is 5.97. The van der Waals surface area contributed by atoms with Crippen molar-refractivity contribution in [3.05, 3.63) is 64.3 Å². The maximum absolute atomic E-state index is 6.48. The molecule has 4 aromatic rings. The van der Waals surface area contributed by atoms with Crippen molar-refractivity contribution in [1.29, 1.82) is 0 Å². The Balaban J connectivity index is 1.98. The van der Waals surface area contributed by atoms with Gasteiger partial charge in [0, 0.05) is 22.5 Å². The number of aromatic nitrogens is 2. The molecule has 132 valence electrons. The van der Waals surface area contributed by atoms with Gasteiger partial charge in [0.25, 0.3) is 0 Å². The summed E-state index contributed by atoms with van der Waals surface area (Å²) in [6.07, 6.45) is 4.77. The summed E-state index contributed by atoms with van der Waals surface area (Å²) in [6.45, 7) is 0.697. The first-order valence-electron chi connectivity index (χ1n) is 8.73. The molecule has 0 spiro atoms. The number of fused-ring (bicyclic) bond motifs is 2. The van der Waals surface area contributed by atoms with Crippen LogP contribution >= 0.6 is 23.2 Å². The van der Waals surface area contributed by atoms with Gasteiger partial charge in [-0.1, -0.05) is 47.5 Å². The van der Waals surface area contributed by atoms with Gasteiger partial charge in [0.1, 0.15) is 0 Å². The highest BCUT2D eigenvalue weighted by atomic mass is 35.5. The van der Waals surface area contributed by atoms with Crippen LogP contribution < -0.4 is 5.73 Å². The fourth-order valence-corrected chi connectivity index (χ4v) is 3.89. The van der Waals surface area contributed by atoms with E-state index in [0.717, 1.165) is 52.3 Å². The van der Waals surface area contributed by atoms with E-state index in [1.807, 2.05) is 36.5 Å². The zero-order valence-electron chi connectivity index (χ0n) is 14.2. The Labute approximate surface area is 162 Å². The van der Waals surface area contributed by atoms with Crippen molar-refractivity contribution in [1.82, 2.24) is 9.97 Å². The third kappa shape index (κ3) is 2.96. The summed E-state index contributed by atoms with van der Waals surface area (Å²) in [6, 6.07) is 14.2. The van der Waals surface area contributed by atoms with Crippen molar-refractivity contribution in [3.63, 3.8) is 0 Å². The molecule has 4 rings (SSSR count). The normalized spacial score (nSPS) is 11.5. The smallest absolute Gasteiger partial charge is 0.0833 e. The molecule has 3 nitrogen and oxygen atoms in total. The number of hydrogen-bond acceptors (Lipinski definition) is 2. The molecular formula is C21H19Cl2N3. The number of unbranched alkanes of at least 4 members (excludes halogenated alkanes) is 1. The average molecular weight is 384 g/mol. The Kier molecular flexibility index (Phi) is 4.86. The minimum Gasteiger partial charge on any atom is -0.353 e. The first-order chi connectivity index (χ1) is 12.7. The quantitative estimate of drug-likeness (QED) is 0.417. The molecule has 0 unspecified atom stereocenters. The molecular weight excluding hydrogens is 365 g/mol. The van der Waals surface area contributed by atoms with Gasteiger partial charge in [-0.05, 0) is 49.6 Å². The minimum absolute atomic E-state index is 0.556. The van der Waals surface area contributed by atoms with E-state index in [0.29, 0.717) is 16.6 Å². The lowest BCUT2D eigenvalue weighted by molar-refractivity contribution is 0.748. The van der Waals surface area contributed by atoms with Crippen molar-refractivity contribution in [2.45, 2.75) is 19.3 Å². The second kappa shape index (κ2) is 7.28. The third-order valence-electron chi connectivity index (χ3n) is 4.77.